The molecule has 0 saturated carbocycles. The molecular formula is C38H45FN4O13. The van der Waals surface area contributed by atoms with Gasteiger partial charge in [-0.1, -0.05) is 39.2 Å². The number of benzene rings is 2. The topological polar surface area (TPSA) is 240 Å². The van der Waals surface area contributed by atoms with Gasteiger partial charge in [0.05, 0.1) is 49.9 Å². The minimum atomic E-state index is -1.68. The highest BCUT2D eigenvalue weighted by molar-refractivity contribution is 6.00. The first kappa shape index (κ1) is 43.9. The van der Waals surface area contributed by atoms with Gasteiger partial charge in [0.1, 0.15) is 29.1 Å². The molecule has 0 spiro atoms. The van der Waals surface area contributed by atoms with E-state index in [0.29, 0.717) is 23.5 Å². The van der Waals surface area contributed by atoms with E-state index in [1.807, 2.05) is 6.92 Å². The summed E-state index contributed by atoms with van der Waals surface area (Å²) in [7, 11) is 1.33. The maximum Gasteiger partial charge on any atom is 0.366 e. The van der Waals surface area contributed by atoms with Crippen LogP contribution in [0.2, 0.25) is 0 Å². The van der Waals surface area contributed by atoms with Gasteiger partial charge in [0.15, 0.2) is 5.76 Å². The van der Waals surface area contributed by atoms with Crippen molar-refractivity contribution in [1.29, 1.82) is 0 Å². The van der Waals surface area contributed by atoms with Crippen LogP contribution in [-0.4, -0.2) is 89.8 Å². The van der Waals surface area contributed by atoms with Gasteiger partial charge in [0.2, 0.25) is 12.3 Å². The largest absolute Gasteiger partial charge is 0.497 e. The molecule has 0 saturated heterocycles. The highest BCUT2D eigenvalue weighted by atomic mass is 19.1. The van der Waals surface area contributed by atoms with Crippen molar-refractivity contribution in [2.24, 2.45) is 5.92 Å². The minimum Gasteiger partial charge on any atom is -0.497 e. The fourth-order valence-corrected chi connectivity index (χ4v) is 5.65. The molecule has 0 aliphatic carbocycles. The van der Waals surface area contributed by atoms with Crippen molar-refractivity contribution in [1.82, 2.24) is 21.0 Å². The third kappa shape index (κ3) is 12.0. The number of halogens is 1. The number of amides is 4. The van der Waals surface area contributed by atoms with Crippen LogP contribution in [0.4, 0.5) is 4.39 Å². The van der Waals surface area contributed by atoms with Gasteiger partial charge in [-0.3, -0.25) is 24.0 Å². The molecule has 0 fully saturated rings. The van der Waals surface area contributed by atoms with Crippen LogP contribution in [0.3, 0.4) is 0 Å². The molecule has 1 aromatic heterocycles. The number of furan rings is 1. The molecule has 302 valence electrons. The van der Waals surface area contributed by atoms with Gasteiger partial charge >= 0.3 is 17.9 Å². The Hall–Kier alpha value is -6.46. The summed E-state index contributed by atoms with van der Waals surface area (Å²) < 4.78 is 30.8. The number of carbonyl (C=O) groups excluding carboxylic acids is 5. The van der Waals surface area contributed by atoms with E-state index >= 15 is 0 Å². The Balaban J connectivity index is 1.70. The van der Waals surface area contributed by atoms with Gasteiger partial charge in [-0.25, -0.2) is 14.0 Å². The highest BCUT2D eigenvalue weighted by Gasteiger charge is 2.34. The summed E-state index contributed by atoms with van der Waals surface area (Å²) in [6.07, 6.45) is 2.12. The average Bonchev–Trinajstić information content (AvgIpc) is 3.67. The molecule has 2 aromatic carbocycles. The van der Waals surface area contributed by atoms with E-state index in [1.54, 1.807) is 13.8 Å². The van der Waals surface area contributed by atoms with Crippen LogP contribution in [0.15, 0.2) is 52.9 Å². The van der Waals surface area contributed by atoms with E-state index in [1.165, 1.54) is 43.5 Å². The monoisotopic (exact) mass is 784 g/mol. The number of ether oxygens (including phenoxy) is 2. The van der Waals surface area contributed by atoms with Crippen molar-refractivity contribution in [3.63, 3.8) is 0 Å². The van der Waals surface area contributed by atoms with Crippen LogP contribution in [0.25, 0.3) is 11.3 Å². The van der Waals surface area contributed by atoms with Crippen LogP contribution in [0.1, 0.15) is 90.6 Å². The number of hydrogen-bond donors (Lipinski definition) is 5. The van der Waals surface area contributed by atoms with Crippen molar-refractivity contribution >= 4 is 42.0 Å². The SMILES string of the molecule is CCCCC[C@@H](C(=O)NCNC(=O)c1ccc(-c2ccc(C(=O)N[C@@H](CC(=O)O)C(=O)O)c(OCC)c2)o1)[C@@H](CC)N(C=O)OC(=O)c1ccc(OC)cc1F. The highest BCUT2D eigenvalue weighted by Crippen LogP contribution is 2.30. The molecule has 0 radical (unpaired) electrons. The second-order valence-electron chi connectivity index (χ2n) is 12.3. The molecule has 3 aromatic rings. The molecule has 4 amide bonds. The maximum atomic E-state index is 14.6. The Bertz CT molecular complexity index is 1880. The number of methoxy groups -OCH3 is 1. The molecule has 0 aliphatic heterocycles. The quantitative estimate of drug-likeness (QED) is 0.0393. The Kier molecular flexibility index (Phi) is 16.8. The van der Waals surface area contributed by atoms with Crippen LogP contribution in [0.5, 0.6) is 11.5 Å². The first-order valence-corrected chi connectivity index (χ1v) is 17.8. The van der Waals surface area contributed by atoms with E-state index < -0.39 is 71.4 Å². The number of hydroxylamine groups is 2. The molecular weight excluding hydrogens is 739 g/mol. The van der Waals surface area contributed by atoms with Crippen LogP contribution in [-0.2, 0) is 24.0 Å². The number of aliphatic carboxylic acids is 2. The van der Waals surface area contributed by atoms with E-state index in [9.17, 15) is 43.1 Å². The molecule has 5 N–H and O–H groups in total. The molecule has 17 nitrogen and oxygen atoms in total. The average molecular weight is 785 g/mol. The number of nitrogens with one attached hydrogen (secondary N) is 3. The number of carboxylic acids is 2. The van der Waals surface area contributed by atoms with Gasteiger partial charge < -0.3 is 44.9 Å². The van der Waals surface area contributed by atoms with Gasteiger partial charge in [-0.05, 0) is 56.2 Å². The number of carbonyl (C=O) groups is 7. The molecule has 0 bridgehead atoms. The number of hydrogen-bond acceptors (Lipinski definition) is 11. The van der Waals surface area contributed by atoms with E-state index in [4.69, 9.17) is 23.8 Å². The maximum absolute atomic E-state index is 14.6. The number of nitrogens with zero attached hydrogens (tertiary/aromatic N) is 1. The van der Waals surface area contributed by atoms with E-state index in [0.717, 1.165) is 25.0 Å². The Morgan fingerprint density at radius 2 is 1.66 bits per heavy atom. The lowest BCUT2D eigenvalue weighted by molar-refractivity contribution is -0.171. The molecule has 0 unspecified atom stereocenters. The van der Waals surface area contributed by atoms with Crippen molar-refractivity contribution in [2.45, 2.75) is 71.4 Å². The summed E-state index contributed by atoms with van der Waals surface area (Å²) in [5, 5.41) is 26.3. The lowest BCUT2D eigenvalue weighted by Crippen LogP contribution is -2.49. The van der Waals surface area contributed by atoms with Gasteiger partial charge in [0.25, 0.3) is 11.8 Å². The fourth-order valence-electron chi connectivity index (χ4n) is 5.65. The molecule has 56 heavy (non-hydrogen) atoms. The predicted molar refractivity (Wildman–Crippen MR) is 195 cm³/mol. The smallest absolute Gasteiger partial charge is 0.366 e. The molecule has 0 aliphatic rings. The number of rotatable bonds is 23. The predicted octanol–water partition coefficient (Wildman–Crippen LogP) is 4.16. The number of unbranched alkanes of at least 4 members (excludes halogenated alkanes) is 2. The molecule has 1 heterocycles. The summed E-state index contributed by atoms with van der Waals surface area (Å²) in [4.78, 5) is 92.1. The first-order chi connectivity index (χ1) is 26.8. The van der Waals surface area contributed by atoms with Crippen LogP contribution < -0.4 is 25.4 Å². The number of carboxylic acid groups (broad SMARTS) is 2. The second-order valence-corrected chi connectivity index (χ2v) is 12.3. The van der Waals surface area contributed by atoms with Crippen molar-refractivity contribution in [3.05, 3.63) is 71.2 Å². The van der Waals surface area contributed by atoms with Gasteiger partial charge in [-0.2, -0.15) is 5.06 Å². The van der Waals surface area contributed by atoms with Crippen LogP contribution >= 0.6 is 0 Å². The Morgan fingerprint density at radius 3 is 2.27 bits per heavy atom. The van der Waals surface area contributed by atoms with Gasteiger partial charge in [-0.15, -0.1) is 0 Å². The third-order valence-corrected chi connectivity index (χ3v) is 8.49. The Morgan fingerprint density at radius 1 is 0.929 bits per heavy atom. The third-order valence-electron chi connectivity index (χ3n) is 8.49. The summed E-state index contributed by atoms with van der Waals surface area (Å²) >= 11 is 0. The summed E-state index contributed by atoms with van der Waals surface area (Å²) in [5.74, 6) is -7.74. The summed E-state index contributed by atoms with van der Waals surface area (Å²) in [6, 6.07) is 7.97. The summed E-state index contributed by atoms with van der Waals surface area (Å²) in [5.41, 5.74) is -0.122. The molecule has 18 heteroatoms. The van der Waals surface area contributed by atoms with Crippen LogP contribution in [0, 0.1) is 11.7 Å². The standard InChI is InChI=1S/C38H45FN4O13/c1-5-8-9-10-25(29(6-2)43(21-44)56-38(52)24-14-12-23(53-4)18-27(24)39)34(47)40-20-41-36(49)31-16-15-30(55-31)22-11-13-26(32(17-22)54-7-3)35(48)42-28(37(50)51)19-33(45)46/h11-18,21,25,28-29H,5-10,19-20H2,1-4H3,(H,40,47)(H,41,49)(H,42,48)(H,45,46)(H,50,51)/t25-,28+,29-/m1/s1. The first-order valence-electron chi connectivity index (χ1n) is 17.8. The zero-order chi connectivity index (χ0) is 41.4. The lowest BCUT2D eigenvalue weighted by Gasteiger charge is -2.31. The molecule has 3 rings (SSSR count). The van der Waals surface area contributed by atoms with E-state index in [2.05, 4.69) is 16.0 Å². The lowest BCUT2D eigenvalue weighted by atomic mass is 9.90. The minimum absolute atomic E-state index is 0.0433. The van der Waals surface area contributed by atoms with Crippen molar-refractivity contribution in [3.8, 4) is 22.8 Å². The van der Waals surface area contributed by atoms with Gasteiger partial charge in [0, 0.05) is 11.6 Å². The normalized spacial score (nSPS) is 12.3. The second kappa shape index (κ2) is 21.4. The zero-order valence-electron chi connectivity index (χ0n) is 31.3. The zero-order valence-corrected chi connectivity index (χ0v) is 31.3. The van der Waals surface area contributed by atoms with E-state index in [-0.39, 0.29) is 54.7 Å². The Labute approximate surface area is 321 Å². The van der Waals surface area contributed by atoms with Crippen molar-refractivity contribution < 1.29 is 66.9 Å². The van der Waals surface area contributed by atoms with Crippen molar-refractivity contribution in [2.75, 3.05) is 20.4 Å². The fraction of sp³-hybridized carbons (Fsp3) is 0.395. The molecule has 3 atom stereocenters. The summed E-state index contributed by atoms with van der Waals surface area (Å²) in [6.45, 7) is 5.10.